The van der Waals surface area contributed by atoms with E-state index in [-0.39, 0.29) is 0 Å². The molecule has 0 spiro atoms. The van der Waals surface area contributed by atoms with E-state index in [1.54, 1.807) is 0 Å². The van der Waals surface area contributed by atoms with Gasteiger partial charge in [0.1, 0.15) is 5.75 Å². The van der Waals surface area contributed by atoms with Crippen LogP contribution in [-0.4, -0.2) is 12.6 Å². The predicted octanol–water partition coefficient (Wildman–Crippen LogP) is 2.82. The summed E-state index contributed by atoms with van der Waals surface area (Å²) >= 11 is 0. The molecule has 1 aromatic carbocycles. The smallest absolute Gasteiger partial charge is 0.124 e. The van der Waals surface area contributed by atoms with Crippen LogP contribution in [0.25, 0.3) is 0 Å². The summed E-state index contributed by atoms with van der Waals surface area (Å²) in [6.45, 7) is 7.29. The Hall–Kier alpha value is -1.02. The molecule has 82 valence electrons. The van der Waals surface area contributed by atoms with E-state index < -0.39 is 0 Å². The van der Waals surface area contributed by atoms with Crippen LogP contribution in [0, 0.1) is 6.92 Å². The van der Waals surface area contributed by atoms with E-state index in [4.69, 9.17) is 4.74 Å². The Labute approximate surface area is 91.6 Å². The second-order valence-electron chi connectivity index (χ2n) is 4.55. The van der Waals surface area contributed by atoms with Crippen molar-refractivity contribution in [3.63, 3.8) is 0 Å². The van der Waals surface area contributed by atoms with E-state index in [1.807, 2.05) is 0 Å². The molecule has 0 amide bonds. The standard InChI is InChI=1S/C13H19NO/c1-9(2)14-12-6-7-15-13-8-10(3)4-5-11(12)13/h4-5,8-9,12,14H,6-7H2,1-3H3. The summed E-state index contributed by atoms with van der Waals surface area (Å²) in [7, 11) is 0. The Bertz CT molecular complexity index is 346. The van der Waals surface area contributed by atoms with Gasteiger partial charge < -0.3 is 10.1 Å². The van der Waals surface area contributed by atoms with Gasteiger partial charge in [-0.1, -0.05) is 26.0 Å². The number of rotatable bonds is 2. The van der Waals surface area contributed by atoms with Crippen molar-refractivity contribution in [3.8, 4) is 5.75 Å². The molecule has 15 heavy (non-hydrogen) atoms. The summed E-state index contributed by atoms with van der Waals surface area (Å²) in [5, 5.41) is 3.58. The van der Waals surface area contributed by atoms with Crippen LogP contribution in [0.2, 0.25) is 0 Å². The average Bonchev–Trinajstić information content (AvgIpc) is 2.16. The number of nitrogens with one attached hydrogen (secondary N) is 1. The van der Waals surface area contributed by atoms with Gasteiger partial charge in [0.25, 0.3) is 0 Å². The van der Waals surface area contributed by atoms with Crippen molar-refractivity contribution in [2.45, 2.75) is 39.3 Å². The molecule has 2 heteroatoms. The van der Waals surface area contributed by atoms with Gasteiger partial charge in [-0.15, -0.1) is 0 Å². The van der Waals surface area contributed by atoms with Gasteiger partial charge in [0.15, 0.2) is 0 Å². The fourth-order valence-corrected chi connectivity index (χ4v) is 2.07. The van der Waals surface area contributed by atoms with Crippen LogP contribution in [0.5, 0.6) is 5.75 Å². The molecule has 0 saturated carbocycles. The molecule has 2 nitrogen and oxygen atoms in total. The highest BCUT2D eigenvalue weighted by Crippen LogP contribution is 2.32. The van der Waals surface area contributed by atoms with Gasteiger partial charge >= 0.3 is 0 Å². The summed E-state index contributed by atoms with van der Waals surface area (Å²) < 4.78 is 5.68. The molecule has 1 N–H and O–H groups in total. The fourth-order valence-electron chi connectivity index (χ4n) is 2.07. The first-order valence-corrected chi connectivity index (χ1v) is 5.66. The van der Waals surface area contributed by atoms with Crippen molar-refractivity contribution >= 4 is 0 Å². The monoisotopic (exact) mass is 205 g/mol. The topological polar surface area (TPSA) is 21.3 Å². The summed E-state index contributed by atoms with van der Waals surface area (Å²) in [5.41, 5.74) is 2.57. The second-order valence-corrected chi connectivity index (χ2v) is 4.55. The third-order valence-electron chi connectivity index (χ3n) is 2.74. The van der Waals surface area contributed by atoms with Crippen molar-refractivity contribution in [2.75, 3.05) is 6.61 Å². The highest BCUT2D eigenvalue weighted by Gasteiger charge is 2.21. The van der Waals surface area contributed by atoms with Crippen LogP contribution < -0.4 is 10.1 Å². The van der Waals surface area contributed by atoms with Gasteiger partial charge in [-0.05, 0) is 18.6 Å². The van der Waals surface area contributed by atoms with Crippen molar-refractivity contribution in [1.82, 2.24) is 5.32 Å². The molecule has 0 aliphatic carbocycles. The maximum absolute atomic E-state index is 5.68. The van der Waals surface area contributed by atoms with Crippen molar-refractivity contribution in [2.24, 2.45) is 0 Å². The van der Waals surface area contributed by atoms with Crippen LogP contribution in [-0.2, 0) is 0 Å². The molecule has 2 rings (SSSR count). The predicted molar refractivity (Wildman–Crippen MR) is 62.3 cm³/mol. The van der Waals surface area contributed by atoms with Gasteiger partial charge in [-0.2, -0.15) is 0 Å². The minimum Gasteiger partial charge on any atom is -0.493 e. The lowest BCUT2D eigenvalue weighted by Crippen LogP contribution is -2.31. The zero-order chi connectivity index (χ0) is 10.8. The van der Waals surface area contributed by atoms with Crippen LogP contribution in [0.15, 0.2) is 18.2 Å². The second kappa shape index (κ2) is 4.23. The van der Waals surface area contributed by atoms with Gasteiger partial charge in [0.2, 0.25) is 0 Å². The molecule has 1 atom stereocenters. The first kappa shape index (κ1) is 10.5. The lowest BCUT2D eigenvalue weighted by atomic mass is 9.98. The molecule has 1 aliphatic heterocycles. The van der Waals surface area contributed by atoms with Crippen molar-refractivity contribution in [3.05, 3.63) is 29.3 Å². The van der Waals surface area contributed by atoms with E-state index in [0.717, 1.165) is 18.8 Å². The Morgan fingerprint density at radius 1 is 1.40 bits per heavy atom. The van der Waals surface area contributed by atoms with Gasteiger partial charge in [0.05, 0.1) is 6.61 Å². The van der Waals surface area contributed by atoms with Crippen LogP contribution in [0.3, 0.4) is 0 Å². The maximum Gasteiger partial charge on any atom is 0.124 e. The molecule has 0 fully saturated rings. The molecule has 1 aliphatic rings. The molecular weight excluding hydrogens is 186 g/mol. The normalized spacial score (nSPS) is 19.9. The van der Waals surface area contributed by atoms with E-state index in [9.17, 15) is 0 Å². The highest BCUT2D eigenvalue weighted by atomic mass is 16.5. The molecule has 0 radical (unpaired) electrons. The number of fused-ring (bicyclic) bond motifs is 1. The molecule has 0 aromatic heterocycles. The molecule has 1 unspecified atom stereocenters. The third kappa shape index (κ3) is 2.32. The lowest BCUT2D eigenvalue weighted by molar-refractivity contribution is 0.247. The van der Waals surface area contributed by atoms with Gasteiger partial charge in [-0.25, -0.2) is 0 Å². The lowest BCUT2D eigenvalue weighted by Gasteiger charge is -2.28. The largest absolute Gasteiger partial charge is 0.493 e. The minimum absolute atomic E-state index is 0.453. The molecule has 1 aromatic rings. The van der Waals surface area contributed by atoms with E-state index in [1.165, 1.54) is 11.1 Å². The van der Waals surface area contributed by atoms with Crippen LogP contribution in [0.4, 0.5) is 0 Å². The zero-order valence-electron chi connectivity index (χ0n) is 9.71. The Balaban J connectivity index is 2.26. The van der Waals surface area contributed by atoms with Crippen molar-refractivity contribution in [1.29, 1.82) is 0 Å². The number of hydrogen-bond donors (Lipinski definition) is 1. The number of hydrogen-bond acceptors (Lipinski definition) is 2. The van der Waals surface area contributed by atoms with E-state index >= 15 is 0 Å². The zero-order valence-corrected chi connectivity index (χ0v) is 9.71. The van der Waals surface area contributed by atoms with Crippen LogP contribution in [0.1, 0.15) is 37.4 Å². The van der Waals surface area contributed by atoms with Crippen LogP contribution >= 0.6 is 0 Å². The molecule has 0 saturated heterocycles. The minimum atomic E-state index is 0.453. The molecular formula is C13H19NO. The Kier molecular flexibility index (Phi) is 2.96. The highest BCUT2D eigenvalue weighted by molar-refractivity contribution is 5.40. The summed E-state index contributed by atoms with van der Waals surface area (Å²) in [6.07, 6.45) is 1.06. The maximum atomic E-state index is 5.68. The van der Waals surface area contributed by atoms with Gasteiger partial charge in [0, 0.05) is 24.1 Å². The Morgan fingerprint density at radius 2 is 2.20 bits per heavy atom. The number of benzene rings is 1. The quantitative estimate of drug-likeness (QED) is 0.801. The molecule has 1 heterocycles. The molecule has 0 bridgehead atoms. The SMILES string of the molecule is Cc1ccc2c(c1)OCCC2NC(C)C. The average molecular weight is 205 g/mol. The Morgan fingerprint density at radius 3 is 2.93 bits per heavy atom. The number of ether oxygens (including phenoxy) is 1. The fraction of sp³-hybridized carbons (Fsp3) is 0.538. The van der Waals surface area contributed by atoms with E-state index in [2.05, 4.69) is 44.3 Å². The first-order valence-electron chi connectivity index (χ1n) is 5.66. The van der Waals surface area contributed by atoms with Crippen molar-refractivity contribution < 1.29 is 4.74 Å². The summed E-state index contributed by atoms with van der Waals surface area (Å²) in [6, 6.07) is 7.44. The summed E-state index contributed by atoms with van der Waals surface area (Å²) in [5.74, 6) is 1.06. The third-order valence-corrected chi connectivity index (χ3v) is 2.74. The van der Waals surface area contributed by atoms with Gasteiger partial charge in [-0.3, -0.25) is 0 Å². The van der Waals surface area contributed by atoms with E-state index in [0.29, 0.717) is 12.1 Å². The number of aryl methyl sites for hydroxylation is 1. The first-order chi connectivity index (χ1) is 7.16. The summed E-state index contributed by atoms with van der Waals surface area (Å²) in [4.78, 5) is 0.